The first kappa shape index (κ1) is 29.2. The number of anilines is 1. The molecule has 0 unspecified atom stereocenters. The second kappa shape index (κ2) is 11.4. The van der Waals surface area contributed by atoms with Crippen LogP contribution in [0.2, 0.25) is 25.7 Å². The van der Waals surface area contributed by atoms with Crippen LogP contribution in [0.4, 0.5) is 5.82 Å². The van der Waals surface area contributed by atoms with E-state index in [2.05, 4.69) is 91.9 Å². The molecular weight excluding hydrogens is 504 g/mol. The zero-order valence-corrected chi connectivity index (χ0v) is 26.2. The van der Waals surface area contributed by atoms with E-state index < -0.39 is 8.07 Å². The molecular formula is C30H46N6O2Si. The van der Waals surface area contributed by atoms with Crippen LogP contribution in [-0.4, -0.2) is 65.7 Å². The monoisotopic (exact) mass is 550 g/mol. The Bertz CT molecular complexity index is 1230. The molecule has 3 heterocycles. The highest BCUT2D eigenvalue weighted by Gasteiger charge is 2.39. The smallest absolute Gasteiger partial charge is 0.151 e. The van der Waals surface area contributed by atoms with Gasteiger partial charge in [-0.15, -0.1) is 10.2 Å². The maximum Gasteiger partial charge on any atom is 0.151 e. The fourth-order valence-corrected chi connectivity index (χ4v) is 6.33. The van der Waals surface area contributed by atoms with Gasteiger partial charge in [0.05, 0.1) is 24.8 Å². The molecule has 0 saturated carbocycles. The number of benzene rings is 1. The molecule has 0 bridgehead atoms. The summed E-state index contributed by atoms with van der Waals surface area (Å²) < 4.78 is 13.6. The summed E-state index contributed by atoms with van der Waals surface area (Å²) in [5.41, 5.74) is 3.68. The molecule has 39 heavy (non-hydrogen) atoms. The van der Waals surface area contributed by atoms with E-state index in [4.69, 9.17) is 9.47 Å². The molecule has 0 amide bonds. The Morgan fingerprint density at radius 2 is 1.74 bits per heavy atom. The number of methoxy groups -OCH3 is 1. The Hall–Kier alpha value is -2.75. The lowest BCUT2D eigenvalue weighted by Crippen LogP contribution is -2.62. The minimum absolute atomic E-state index is 0.0691. The summed E-state index contributed by atoms with van der Waals surface area (Å²) in [6.07, 6.45) is 5.92. The summed E-state index contributed by atoms with van der Waals surface area (Å²) in [5, 5.41) is 13.0. The SMILES string of the molecule is COc1cc(-c2cn(COCC[Si](C)(C)C)cn2)ccc1-c1ccc(N(C)C2CC(C)(C)NC(C)(C)C2)nn1. The number of imidazole rings is 1. The van der Waals surface area contributed by atoms with Gasteiger partial charge in [-0.3, -0.25) is 0 Å². The Kier molecular flexibility index (Phi) is 8.54. The topological polar surface area (TPSA) is 77.3 Å². The van der Waals surface area contributed by atoms with Gasteiger partial charge in [-0.1, -0.05) is 25.7 Å². The molecule has 4 rings (SSSR count). The van der Waals surface area contributed by atoms with E-state index in [0.717, 1.165) is 59.6 Å². The van der Waals surface area contributed by atoms with Crippen LogP contribution in [0.3, 0.4) is 0 Å². The Labute approximate surface area is 235 Å². The third-order valence-electron chi connectivity index (χ3n) is 7.37. The van der Waals surface area contributed by atoms with Crippen LogP contribution in [0.15, 0.2) is 42.9 Å². The van der Waals surface area contributed by atoms with Gasteiger partial charge in [-0.2, -0.15) is 0 Å². The number of ether oxygens (including phenoxy) is 2. The standard InChI is InChI=1S/C30H46N6O2Si/c1-29(2)17-23(18-30(3,4)34-29)35(5)28-13-12-25(32-33-28)24-11-10-22(16-27(24)37-6)26-19-36(20-31-26)21-38-14-15-39(7,8)9/h10-13,16,19-20,23,34H,14-15,17-18,21H2,1-9H3. The van der Waals surface area contributed by atoms with Gasteiger partial charge < -0.3 is 24.3 Å². The maximum atomic E-state index is 5.86. The number of hydrogen-bond acceptors (Lipinski definition) is 7. The Morgan fingerprint density at radius 1 is 1.03 bits per heavy atom. The summed E-state index contributed by atoms with van der Waals surface area (Å²) >= 11 is 0. The van der Waals surface area contributed by atoms with Crippen molar-refractivity contribution < 1.29 is 9.47 Å². The molecule has 1 N–H and O–H groups in total. The molecule has 3 aromatic rings. The second-order valence-corrected chi connectivity index (χ2v) is 19.0. The quantitative estimate of drug-likeness (QED) is 0.242. The number of aromatic nitrogens is 4. The minimum Gasteiger partial charge on any atom is -0.496 e. The van der Waals surface area contributed by atoms with Crippen LogP contribution < -0.4 is 15.0 Å². The number of rotatable bonds is 10. The van der Waals surface area contributed by atoms with Crippen molar-refractivity contribution in [2.75, 3.05) is 25.7 Å². The highest BCUT2D eigenvalue weighted by atomic mass is 28.3. The van der Waals surface area contributed by atoms with Gasteiger partial charge in [0.25, 0.3) is 0 Å². The molecule has 9 heteroatoms. The van der Waals surface area contributed by atoms with Gasteiger partial charge in [0, 0.05) is 56.2 Å². The fourth-order valence-electron chi connectivity index (χ4n) is 5.58. The van der Waals surface area contributed by atoms with Crippen LogP contribution in [0.1, 0.15) is 40.5 Å². The number of piperidine rings is 1. The van der Waals surface area contributed by atoms with Gasteiger partial charge >= 0.3 is 0 Å². The van der Waals surface area contributed by atoms with Crippen molar-refractivity contribution in [1.29, 1.82) is 0 Å². The molecule has 0 radical (unpaired) electrons. The van der Waals surface area contributed by atoms with E-state index in [1.807, 2.05) is 35.3 Å². The van der Waals surface area contributed by atoms with E-state index in [1.165, 1.54) is 0 Å². The van der Waals surface area contributed by atoms with Gasteiger partial charge in [-0.05, 0) is 70.8 Å². The maximum absolute atomic E-state index is 5.86. The van der Waals surface area contributed by atoms with Gasteiger partial charge in [-0.25, -0.2) is 4.98 Å². The number of nitrogens with zero attached hydrogens (tertiary/aromatic N) is 5. The lowest BCUT2D eigenvalue weighted by Gasteiger charge is -2.49. The molecule has 0 aliphatic carbocycles. The van der Waals surface area contributed by atoms with Crippen LogP contribution in [-0.2, 0) is 11.5 Å². The molecule has 1 saturated heterocycles. The van der Waals surface area contributed by atoms with Gasteiger partial charge in [0.2, 0.25) is 0 Å². The van der Waals surface area contributed by atoms with Crippen molar-refractivity contribution >= 4 is 13.9 Å². The summed E-state index contributed by atoms with van der Waals surface area (Å²) in [7, 11) is 2.71. The molecule has 1 aromatic carbocycles. The zero-order valence-electron chi connectivity index (χ0n) is 25.2. The van der Waals surface area contributed by atoms with Crippen molar-refractivity contribution in [3.63, 3.8) is 0 Å². The first-order valence-corrected chi connectivity index (χ1v) is 17.6. The van der Waals surface area contributed by atoms with E-state index in [-0.39, 0.29) is 11.1 Å². The van der Waals surface area contributed by atoms with Gasteiger partial charge in [0.1, 0.15) is 12.5 Å². The summed E-state index contributed by atoms with van der Waals surface area (Å²) in [6, 6.07) is 11.7. The van der Waals surface area contributed by atoms with E-state index in [0.29, 0.717) is 12.8 Å². The zero-order chi connectivity index (χ0) is 28.4. The first-order valence-electron chi connectivity index (χ1n) is 13.9. The van der Waals surface area contributed by atoms with Crippen molar-refractivity contribution in [2.45, 2.75) is 90.1 Å². The van der Waals surface area contributed by atoms with Gasteiger partial charge in [0.15, 0.2) is 5.82 Å². The van der Waals surface area contributed by atoms with Crippen LogP contribution >= 0.6 is 0 Å². The summed E-state index contributed by atoms with van der Waals surface area (Å²) in [4.78, 5) is 6.86. The molecule has 212 valence electrons. The molecule has 1 fully saturated rings. The van der Waals surface area contributed by atoms with Crippen molar-refractivity contribution in [1.82, 2.24) is 25.1 Å². The third-order valence-corrected chi connectivity index (χ3v) is 9.08. The molecule has 0 atom stereocenters. The molecule has 0 spiro atoms. The first-order chi connectivity index (χ1) is 18.3. The van der Waals surface area contributed by atoms with Crippen LogP contribution in [0, 0.1) is 0 Å². The lowest BCUT2D eigenvalue weighted by molar-refractivity contribution is 0.0871. The highest BCUT2D eigenvalue weighted by Crippen LogP contribution is 2.35. The molecule has 8 nitrogen and oxygen atoms in total. The summed E-state index contributed by atoms with van der Waals surface area (Å²) in [6.45, 7) is 17.5. The van der Waals surface area contributed by atoms with Crippen molar-refractivity contribution in [3.05, 3.63) is 42.9 Å². The van der Waals surface area contributed by atoms with Crippen molar-refractivity contribution in [3.8, 4) is 28.3 Å². The van der Waals surface area contributed by atoms with Crippen LogP contribution in [0.5, 0.6) is 5.75 Å². The molecule has 2 aromatic heterocycles. The number of hydrogen-bond donors (Lipinski definition) is 1. The summed E-state index contributed by atoms with van der Waals surface area (Å²) in [5.74, 6) is 1.62. The normalized spacial score (nSPS) is 17.3. The Balaban J connectivity index is 1.45. The number of nitrogens with one attached hydrogen (secondary N) is 1. The van der Waals surface area contributed by atoms with E-state index >= 15 is 0 Å². The second-order valence-electron chi connectivity index (χ2n) is 13.4. The molecule has 1 aliphatic rings. The van der Waals surface area contributed by atoms with Crippen molar-refractivity contribution in [2.24, 2.45) is 0 Å². The van der Waals surface area contributed by atoms with Crippen LogP contribution in [0.25, 0.3) is 22.5 Å². The fraction of sp³-hybridized carbons (Fsp3) is 0.567. The van der Waals surface area contributed by atoms with E-state index in [9.17, 15) is 0 Å². The largest absolute Gasteiger partial charge is 0.496 e. The Morgan fingerprint density at radius 3 is 2.36 bits per heavy atom. The minimum atomic E-state index is -1.09. The average Bonchev–Trinajstić information content (AvgIpc) is 3.32. The highest BCUT2D eigenvalue weighted by molar-refractivity contribution is 6.76. The average molecular weight is 551 g/mol. The predicted molar refractivity (Wildman–Crippen MR) is 162 cm³/mol. The van der Waals surface area contributed by atoms with E-state index in [1.54, 1.807) is 7.11 Å². The third kappa shape index (κ3) is 7.68. The lowest BCUT2D eigenvalue weighted by atomic mass is 9.79. The predicted octanol–water partition coefficient (Wildman–Crippen LogP) is 6.07. The molecule has 1 aliphatic heterocycles.